The van der Waals surface area contributed by atoms with E-state index in [0.717, 1.165) is 0 Å². The van der Waals surface area contributed by atoms with Crippen LogP contribution in [0.1, 0.15) is 6.92 Å². The van der Waals surface area contributed by atoms with E-state index in [9.17, 15) is 4.79 Å². The van der Waals surface area contributed by atoms with Crippen LogP contribution >= 0.6 is 11.6 Å². The first kappa shape index (κ1) is 12.6. The van der Waals surface area contributed by atoms with Gasteiger partial charge in [-0.15, -0.1) is 0 Å². The molecule has 6 heteroatoms. The second-order valence-electron chi connectivity index (χ2n) is 3.39. The van der Waals surface area contributed by atoms with Gasteiger partial charge in [0.2, 0.25) is 0 Å². The third kappa shape index (κ3) is 2.68. The van der Waals surface area contributed by atoms with E-state index in [4.69, 9.17) is 21.1 Å². The molecule has 0 amide bonds. The summed E-state index contributed by atoms with van der Waals surface area (Å²) in [6, 6.07) is 3.30. The number of ether oxygens (including phenoxy) is 2. The van der Waals surface area contributed by atoms with Crippen molar-refractivity contribution in [1.82, 2.24) is 9.97 Å². The van der Waals surface area contributed by atoms with Gasteiger partial charge in [0.25, 0.3) is 0 Å². The van der Waals surface area contributed by atoms with Gasteiger partial charge in [0.05, 0.1) is 11.6 Å². The van der Waals surface area contributed by atoms with Crippen LogP contribution in [-0.2, 0) is 9.53 Å². The summed E-state index contributed by atoms with van der Waals surface area (Å²) in [5, 5.41) is 0.488. The third-order valence-corrected chi connectivity index (χ3v) is 2.49. The smallest absolute Gasteiger partial charge is 0.344 e. The summed E-state index contributed by atoms with van der Waals surface area (Å²) in [6.07, 6.45) is 3.08. The third-order valence-electron chi connectivity index (χ3n) is 2.19. The molecule has 0 unspecified atom stereocenters. The normalized spacial score (nSPS) is 10.3. The molecule has 0 bridgehead atoms. The molecule has 5 nitrogen and oxygen atoms in total. The van der Waals surface area contributed by atoms with E-state index in [1.165, 1.54) is 6.20 Å². The van der Waals surface area contributed by atoms with Crippen molar-refractivity contribution in [3.63, 3.8) is 0 Å². The number of hydrogen-bond donors (Lipinski definition) is 0. The molecule has 0 aliphatic heterocycles. The summed E-state index contributed by atoms with van der Waals surface area (Å²) in [4.78, 5) is 19.5. The lowest BCUT2D eigenvalue weighted by atomic mass is 10.3. The van der Waals surface area contributed by atoms with Crippen LogP contribution in [-0.4, -0.2) is 29.2 Å². The quantitative estimate of drug-likeness (QED) is 0.794. The molecule has 0 saturated carbocycles. The van der Waals surface area contributed by atoms with Crippen molar-refractivity contribution < 1.29 is 14.3 Å². The Hall–Kier alpha value is -1.88. The molecule has 94 valence electrons. The molecule has 0 aliphatic carbocycles. The minimum atomic E-state index is -0.426. The van der Waals surface area contributed by atoms with Gasteiger partial charge in [-0.2, -0.15) is 0 Å². The highest BCUT2D eigenvalue weighted by molar-refractivity contribution is 6.35. The highest BCUT2D eigenvalue weighted by Gasteiger charge is 2.10. The average molecular weight is 267 g/mol. The number of aromatic nitrogens is 2. The van der Waals surface area contributed by atoms with Crippen LogP contribution in [0, 0.1) is 0 Å². The first-order valence-corrected chi connectivity index (χ1v) is 5.77. The molecule has 0 N–H and O–H groups in total. The molecule has 2 aromatic rings. The second-order valence-corrected chi connectivity index (χ2v) is 3.80. The van der Waals surface area contributed by atoms with Crippen molar-refractivity contribution in [3.05, 3.63) is 29.5 Å². The fourth-order valence-electron chi connectivity index (χ4n) is 1.46. The predicted molar refractivity (Wildman–Crippen MR) is 66.7 cm³/mol. The van der Waals surface area contributed by atoms with Gasteiger partial charge in [-0.1, -0.05) is 11.6 Å². The number of rotatable bonds is 4. The molecule has 2 rings (SSSR count). The lowest BCUT2D eigenvalue weighted by Crippen LogP contribution is -2.14. The topological polar surface area (TPSA) is 61.3 Å². The number of fused-ring (bicyclic) bond motifs is 1. The Balaban J connectivity index is 2.24. The largest absolute Gasteiger partial charge is 0.480 e. The standard InChI is InChI=1S/C12H11ClN2O3/c1-2-17-10(16)7-18-9-4-3-8(13)11-12(9)15-6-5-14-11/h3-6H,2,7H2,1H3. The number of esters is 1. The fraction of sp³-hybridized carbons (Fsp3) is 0.250. The zero-order valence-electron chi connectivity index (χ0n) is 9.72. The molecule has 0 atom stereocenters. The molecule has 0 spiro atoms. The summed E-state index contributed by atoms with van der Waals surface area (Å²) >= 11 is 5.99. The van der Waals surface area contributed by atoms with Gasteiger partial charge in [-0.05, 0) is 19.1 Å². The van der Waals surface area contributed by atoms with Crippen LogP contribution in [0.25, 0.3) is 11.0 Å². The molecule has 1 heterocycles. The summed E-state index contributed by atoms with van der Waals surface area (Å²) in [5.41, 5.74) is 1.06. The lowest BCUT2D eigenvalue weighted by Gasteiger charge is -2.08. The number of benzene rings is 1. The Morgan fingerprint density at radius 3 is 2.72 bits per heavy atom. The van der Waals surface area contributed by atoms with Gasteiger partial charge in [0, 0.05) is 12.4 Å². The zero-order valence-corrected chi connectivity index (χ0v) is 10.5. The molecule has 0 aliphatic rings. The lowest BCUT2D eigenvalue weighted by molar-refractivity contribution is -0.145. The van der Waals surface area contributed by atoms with E-state index in [2.05, 4.69) is 9.97 Å². The van der Waals surface area contributed by atoms with E-state index >= 15 is 0 Å². The van der Waals surface area contributed by atoms with Crippen LogP contribution < -0.4 is 4.74 Å². The Kier molecular flexibility index (Phi) is 3.94. The molecule has 1 aromatic heterocycles. The number of carbonyl (C=O) groups is 1. The number of hydrogen-bond acceptors (Lipinski definition) is 5. The molecular formula is C12H11ClN2O3. The van der Waals surface area contributed by atoms with Crippen molar-refractivity contribution in [1.29, 1.82) is 0 Å². The fourth-order valence-corrected chi connectivity index (χ4v) is 1.66. The number of nitrogens with zero attached hydrogens (tertiary/aromatic N) is 2. The van der Waals surface area contributed by atoms with Gasteiger partial charge in [0.15, 0.2) is 6.61 Å². The number of carbonyl (C=O) groups excluding carboxylic acids is 1. The Morgan fingerprint density at radius 1 is 1.28 bits per heavy atom. The van der Waals surface area contributed by atoms with E-state index in [1.807, 2.05) is 0 Å². The van der Waals surface area contributed by atoms with Gasteiger partial charge in [-0.25, -0.2) is 9.78 Å². The summed E-state index contributed by atoms with van der Waals surface area (Å²) in [7, 11) is 0. The molecule has 0 saturated heterocycles. The SMILES string of the molecule is CCOC(=O)COc1ccc(Cl)c2nccnc12. The number of halogens is 1. The molecule has 18 heavy (non-hydrogen) atoms. The van der Waals surface area contributed by atoms with Gasteiger partial charge in [-0.3, -0.25) is 4.98 Å². The summed E-state index contributed by atoms with van der Waals surface area (Å²) in [5.74, 6) is 0.0278. The van der Waals surface area contributed by atoms with E-state index < -0.39 is 5.97 Å². The van der Waals surface area contributed by atoms with E-state index in [0.29, 0.717) is 28.4 Å². The van der Waals surface area contributed by atoms with Crippen molar-refractivity contribution in [2.75, 3.05) is 13.2 Å². The summed E-state index contributed by atoms with van der Waals surface area (Å²) in [6.45, 7) is 1.89. The monoisotopic (exact) mass is 266 g/mol. The minimum Gasteiger partial charge on any atom is -0.480 e. The summed E-state index contributed by atoms with van der Waals surface area (Å²) < 4.78 is 10.1. The van der Waals surface area contributed by atoms with Crippen LogP contribution in [0.5, 0.6) is 5.75 Å². The first-order valence-electron chi connectivity index (χ1n) is 5.40. The van der Waals surface area contributed by atoms with E-state index in [1.54, 1.807) is 25.3 Å². The van der Waals surface area contributed by atoms with Crippen molar-refractivity contribution in [2.24, 2.45) is 0 Å². The van der Waals surface area contributed by atoms with Crippen LogP contribution in [0.15, 0.2) is 24.5 Å². The zero-order chi connectivity index (χ0) is 13.0. The van der Waals surface area contributed by atoms with Crippen LogP contribution in [0.4, 0.5) is 0 Å². The molecule has 0 fully saturated rings. The maximum absolute atomic E-state index is 11.2. The van der Waals surface area contributed by atoms with Gasteiger partial charge >= 0.3 is 5.97 Å². The highest BCUT2D eigenvalue weighted by atomic mass is 35.5. The van der Waals surface area contributed by atoms with E-state index in [-0.39, 0.29) is 6.61 Å². The maximum Gasteiger partial charge on any atom is 0.344 e. The average Bonchev–Trinajstić information content (AvgIpc) is 2.39. The Bertz CT molecular complexity index is 574. The molecule has 1 aromatic carbocycles. The van der Waals surface area contributed by atoms with Crippen molar-refractivity contribution >= 4 is 28.6 Å². The van der Waals surface area contributed by atoms with Gasteiger partial charge in [0.1, 0.15) is 16.8 Å². The Morgan fingerprint density at radius 2 is 2.00 bits per heavy atom. The minimum absolute atomic E-state index is 0.166. The van der Waals surface area contributed by atoms with Crippen LogP contribution in [0.3, 0.4) is 0 Å². The second kappa shape index (κ2) is 5.64. The van der Waals surface area contributed by atoms with Gasteiger partial charge < -0.3 is 9.47 Å². The highest BCUT2D eigenvalue weighted by Crippen LogP contribution is 2.27. The molecule has 0 radical (unpaired) electrons. The maximum atomic E-state index is 11.2. The predicted octanol–water partition coefficient (Wildman–Crippen LogP) is 2.23. The van der Waals surface area contributed by atoms with Crippen molar-refractivity contribution in [2.45, 2.75) is 6.92 Å². The Labute approximate surface area is 109 Å². The first-order chi connectivity index (χ1) is 8.72. The molecular weight excluding hydrogens is 256 g/mol. The van der Waals surface area contributed by atoms with Crippen molar-refractivity contribution in [3.8, 4) is 5.75 Å². The van der Waals surface area contributed by atoms with Crippen LogP contribution in [0.2, 0.25) is 5.02 Å².